The highest BCUT2D eigenvalue weighted by Crippen LogP contribution is 2.35. The van der Waals surface area contributed by atoms with E-state index in [9.17, 15) is 10.4 Å². The number of aromatic nitrogens is 4. The second-order valence-corrected chi connectivity index (χ2v) is 9.62. The number of aliphatic hydroxyl groups is 1. The van der Waals surface area contributed by atoms with E-state index in [0.717, 1.165) is 28.0 Å². The molecule has 206 valence electrons. The number of ether oxygens (including phenoxy) is 2. The maximum atomic E-state index is 9.89. The maximum Gasteiger partial charge on any atom is 0.162 e. The number of rotatable bonds is 10. The van der Waals surface area contributed by atoms with Crippen molar-refractivity contribution in [1.29, 1.82) is 5.26 Å². The first-order valence-corrected chi connectivity index (χ1v) is 13.2. The van der Waals surface area contributed by atoms with Crippen LogP contribution in [-0.4, -0.2) is 44.6 Å². The predicted molar refractivity (Wildman–Crippen MR) is 158 cm³/mol. The van der Waals surface area contributed by atoms with Gasteiger partial charge in [-0.05, 0) is 74.0 Å². The molecule has 0 spiro atoms. The van der Waals surface area contributed by atoms with Crippen molar-refractivity contribution in [3.63, 3.8) is 0 Å². The SMILES string of the molecule is COc1cc(C)cc(-c2nn(CC#N)cc2-c2cc(NC[C@H](C)O)nc(-c3ccc(Oc4ccccc4)cc3)n2)c1. The van der Waals surface area contributed by atoms with E-state index in [1.165, 1.54) is 0 Å². The van der Waals surface area contributed by atoms with Gasteiger partial charge < -0.3 is 19.9 Å². The maximum absolute atomic E-state index is 9.89. The lowest BCUT2D eigenvalue weighted by Crippen LogP contribution is -2.16. The average Bonchev–Trinajstić information content (AvgIpc) is 3.41. The molecule has 0 bridgehead atoms. The van der Waals surface area contributed by atoms with Gasteiger partial charge in [0.15, 0.2) is 5.82 Å². The lowest BCUT2D eigenvalue weighted by atomic mass is 10.0. The number of benzene rings is 3. The summed E-state index contributed by atoms with van der Waals surface area (Å²) in [5, 5.41) is 27.2. The normalized spacial score (nSPS) is 11.5. The van der Waals surface area contributed by atoms with Crippen LogP contribution >= 0.6 is 0 Å². The van der Waals surface area contributed by atoms with E-state index in [1.54, 1.807) is 18.7 Å². The van der Waals surface area contributed by atoms with Gasteiger partial charge in [0, 0.05) is 35.5 Å². The van der Waals surface area contributed by atoms with Gasteiger partial charge in [0.05, 0.1) is 25.0 Å². The topological polar surface area (TPSA) is 118 Å². The molecule has 9 heteroatoms. The first-order valence-electron chi connectivity index (χ1n) is 13.2. The van der Waals surface area contributed by atoms with E-state index in [4.69, 9.17) is 24.5 Å². The van der Waals surface area contributed by atoms with Crippen LogP contribution in [0.15, 0.2) is 85.1 Å². The number of anilines is 1. The molecular weight excluding hydrogens is 516 g/mol. The highest BCUT2D eigenvalue weighted by atomic mass is 16.5. The summed E-state index contributed by atoms with van der Waals surface area (Å²) in [7, 11) is 1.63. The number of aliphatic hydroxyl groups excluding tert-OH is 1. The van der Waals surface area contributed by atoms with Crippen LogP contribution in [0.25, 0.3) is 33.9 Å². The van der Waals surface area contributed by atoms with Crippen molar-refractivity contribution in [2.45, 2.75) is 26.5 Å². The Balaban J connectivity index is 1.58. The van der Waals surface area contributed by atoms with Crippen molar-refractivity contribution in [2.24, 2.45) is 0 Å². The third kappa shape index (κ3) is 6.69. The zero-order valence-corrected chi connectivity index (χ0v) is 23.1. The summed E-state index contributed by atoms with van der Waals surface area (Å²) in [6.07, 6.45) is 1.24. The van der Waals surface area contributed by atoms with Crippen LogP contribution in [0.3, 0.4) is 0 Å². The van der Waals surface area contributed by atoms with E-state index < -0.39 is 6.10 Å². The molecule has 0 unspecified atom stereocenters. The minimum absolute atomic E-state index is 0.0872. The van der Waals surface area contributed by atoms with Crippen LogP contribution in [0.2, 0.25) is 0 Å². The molecule has 0 radical (unpaired) electrons. The summed E-state index contributed by atoms with van der Waals surface area (Å²) in [6, 6.07) is 27.0. The van der Waals surface area contributed by atoms with Gasteiger partial charge in [-0.25, -0.2) is 9.97 Å². The summed E-state index contributed by atoms with van der Waals surface area (Å²) in [5.41, 5.74) is 4.67. The van der Waals surface area contributed by atoms with Crippen molar-refractivity contribution >= 4 is 5.82 Å². The molecule has 41 heavy (non-hydrogen) atoms. The van der Waals surface area contributed by atoms with Gasteiger partial charge in [-0.1, -0.05) is 18.2 Å². The molecule has 0 fully saturated rings. The molecule has 0 saturated heterocycles. The highest BCUT2D eigenvalue weighted by molar-refractivity contribution is 5.81. The number of nitriles is 1. The molecular formula is C32H30N6O3. The van der Waals surface area contributed by atoms with Crippen LogP contribution in [0.4, 0.5) is 5.82 Å². The van der Waals surface area contributed by atoms with Crippen LogP contribution in [0.5, 0.6) is 17.2 Å². The number of methoxy groups -OCH3 is 1. The Morgan fingerprint density at radius 2 is 1.71 bits per heavy atom. The zero-order chi connectivity index (χ0) is 28.8. The molecule has 5 rings (SSSR count). The molecule has 2 heterocycles. The number of hydrogen-bond acceptors (Lipinski definition) is 8. The van der Waals surface area contributed by atoms with Crippen LogP contribution in [0.1, 0.15) is 12.5 Å². The molecule has 3 aromatic carbocycles. The van der Waals surface area contributed by atoms with Crippen LogP contribution in [0, 0.1) is 18.3 Å². The van der Waals surface area contributed by atoms with Crippen molar-refractivity contribution in [1.82, 2.24) is 19.7 Å². The molecule has 0 aliphatic heterocycles. The highest BCUT2D eigenvalue weighted by Gasteiger charge is 2.18. The molecule has 0 aliphatic rings. The number of nitrogens with one attached hydrogen (secondary N) is 1. The summed E-state index contributed by atoms with van der Waals surface area (Å²) >= 11 is 0. The zero-order valence-electron chi connectivity index (χ0n) is 23.1. The fraction of sp³-hybridized carbons (Fsp3) is 0.188. The predicted octanol–water partition coefficient (Wildman–Crippen LogP) is 6.10. The summed E-state index contributed by atoms with van der Waals surface area (Å²) < 4.78 is 13.0. The Bertz CT molecular complexity index is 1670. The summed E-state index contributed by atoms with van der Waals surface area (Å²) in [4.78, 5) is 9.65. The van der Waals surface area contributed by atoms with Crippen LogP contribution < -0.4 is 14.8 Å². The summed E-state index contributed by atoms with van der Waals surface area (Å²) in [6.45, 7) is 4.10. The quantitative estimate of drug-likeness (QED) is 0.216. The molecule has 2 N–H and O–H groups in total. The lowest BCUT2D eigenvalue weighted by molar-refractivity contribution is 0.208. The smallest absolute Gasteiger partial charge is 0.162 e. The van der Waals surface area contributed by atoms with Gasteiger partial charge in [-0.15, -0.1) is 0 Å². The van der Waals surface area contributed by atoms with Crippen molar-refractivity contribution in [3.05, 3.63) is 90.6 Å². The Morgan fingerprint density at radius 3 is 2.41 bits per heavy atom. The van der Waals surface area contributed by atoms with E-state index in [0.29, 0.717) is 41.1 Å². The fourth-order valence-corrected chi connectivity index (χ4v) is 4.33. The molecule has 0 aliphatic carbocycles. The Labute approximate surface area is 238 Å². The number of aryl methyl sites for hydroxylation is 1. The number of hydrogen-bond donors (Lipinski definition) is 2. The first kappa shape index (κ1) is 27.4. The standard InChI is InChI=1S/C32H30N6O3/c1-21-15-24(17-27(16-21)40-3)31-28(20-38(37-31)14-13-33)29-18-30(34-19-22(2)39)36-32(35-29)23-9-11-26(12-10-23)41-25-7-5-4-6-8-25/h4-12,15-18,20,22,39H,14,19H2,1-3H3,(H,34,35,36)/t22-/m0/s1. The fourth-order valence-electron chi connectivity index (χ4n) is 4.33. The van der Waals surface area contributed by atoms with E-state index in [2.05, 4.69) is 11.4 Å². The first-order chi connectivity index (χ1) is 19.9. The van der Waals surface area contributed by atoms with Crippen molar-refractivity contribution in [2.75, 3.05) is 19.0 Å². The second kappa shape index (κ2) is 12.3. The second-order valence-electron chi connectivity index (χ2n) is 9.62. The monoisotopic (exact) mass is 546 g/mol. The minimum atomic E-state index is -0.569. The largest absolute Gasteiger partial charge is 0.497 e. The molecule has 5 aromatic rings. The van der Waals surface area contributed by atoms with E-state index in [1.807, 2.05) is 92.0 Å². The Morgan fingerprint density at radius 1 is 0.951 bits per heavy atom. The number of nitrogens with zero attached hydrogens (tertiary/aromatic N) is 5. The molecule has 9 nitrogen and oxygen atoms in total. The number of para-hydroxylation sites is 1. The minimum Gasteiger partial charge on any atom is -0.497 e. The van der Waals surface area contributed by atoms with Gasteiger partial charge in [0.2, 0.25) is 0 Å². The third-order valence-electron chi connectivity index (χ3n) is 6.23. The van der Waals surface area contributed by atoms with Gasteiger partial charge in [-0.2, -0.15) is 10.4 Å². The third-order valence-corrected chi connectivity index (χ3v) is 6.23. The van der Waals surface area contributed by atoms with Crippen LogP contribution in [-0.2, 0) is 6.54 Å². The molecule has 1 atom stereocenters. The summed E-state index contributed by atoms with van der Waals surface area (Å²) in [5.74, 6) is 3.19. The Kier molecular flexibility index (Phi) is 8.23. The molecule has 2 aromatic heterocycles. The van der Waals surface area contributed by atoms with Gasteiger partial charge in [0.1, 0.15) is 35.3 Å². The van der Waals surface area contributed by atoms with Gasteiger partial charge in [0.25, 0.3) is 0 Å². The lowest BCUT2D eigenvalue weighted by Gasteiger charge is -2.12. The van der Waals surface area contributed by atoms with Gasteiger partial charge >= 0.3 is 0 Å². The molecule has 0 amide bonds. The van der Waals surface area contributed by atoms with Crippen molar-refractivity contribution in [3.8, 4) is 57.2 Å². The average molecular weight is 547 g/mol. The Hall–Kier alpha value is -5.20. The van der Waals surface area contributed by atoms with E-state index >= 15 is 0 Å². The van der Waals surface area contributed by atoms with Crippen molar-refractivity contribution < 1.29 is 14.6 Å². The van der Waals surface area contributed by atoms with Gasteiger partial charge in [-0.3, -0.25) is 4.68 Å². The van der Waals surface area contributed by atoms with E-state index in [-0.39, 0.29) is 6.54 Å². The molecule has 0 saturated carbocycles.